The van der Waals surface area contributed by atoms with Crippen LogP contribution in [0.25, 0.3) is 0 Å². The Morgan fingerprint density at radius 3 is 3.00 bits per heavy atom. The molecule has 1 aromatic heterocycles. The van der Waals surface area contributed by atoms with Gasteiger partial charge in [0.15, 0.2) is 0 Å². The normalized spacial score (nSPS) is 22.8. The second-order valence-corrected chi connectivity index (χ2v) is 4.85. The lowest BCUT2D eigenvalue weighted by molar-refractivity contribution is 0.111. The third kappa shape index (κ3) is 1.92. The van der Waals surface area contributed by atoms with Gasteiger partial charge in [-0.1, -0.05) is 13.8 Å². The van der Waals surface area contributed by atoms with Gasteiger partial charge in [0.2, 0.25) is 0 Å². The largest absolute Gasteiger partial charge is 0.371 e. The Hall–Kier alpha value is -0.410. The lowest BCUT2D eigenvalue weighted by atomic mass is 10.2. The number of hydrogen-bond acceptors (Lipinski definition) is 3. The predicted octanol–water partition coefficient (Wildman–Crippen LogP) is 3.12. The topological polar surface area (TPSA) is 22.1 Å². The summed E-state index contributed by atoms with van der Waals surface area (Å²) in [6.07, 6.45) is 4.61. The average Bonchev–Trinajstić information content (AvgIpc) is 2.75. The minimum absolute atomic E-state index is 0.289. The molecule has 2 nitrogen and oxygen atoms in total. The van der Waals surface area contributed by atoms with Crippen LogP contribution in [0.15, 0.2) is 6.20 Å². The number of thiazole rings is 1. The molecule has 0 aliphatic carbocycles. The highest BCUT2D eigenvalue weighted by molar-refractivity contribution is 7.11. The van der Waals surface area contributed by atoms with Gasteiger partial charge in [0.05, 0.1) is 0 Å². The molecule has 0 radical (unpaired) electrons. The van der Waals surface area contributed by atoms with Crippen molar-refractivity contribution in [2.24, 2.45) is 0 Å². The molecule has 1 saturated heterocycles. The zero-order chi connectivity index (χ0) is 9.26. The van der Waals surface area contributed by atoms with Gasteiger partial charge in [-0.2, -0.15) is 0 Å². The molecule has 1 atom stereocenters. The smallest absolute Gasteiger partial charge is 0.122 e. The molecule has 1 fully saturated rings. The van der Waals surface area contributed by atoms with Gasteiger partial charge in [-0.05, 0) is 18.8 Å². The van der Waals surface area contributed by atoms with Crippen LogP contribution in [-0.2, 0) is 4.74 Å². The van der Waals surface area contributed by atoms with Crippen molar-refractivity contribution in [3.8, 4) is 0 Å². The van der Waals surface area contributed by atoms with Gasteiger partial charge in [0.1, 0.15) is 11.1 Å². The van der Waals surface area contributed by atoms with E-state index in [-0.39, 0.29) is 6.10 Å². The van der Waals surface area contributed by atoms with Crippen molar-refractivity contribution >= 4 is 11.3 Å². The molecule has 13 heavy (non-hydrogen) atoms. The lowest BCUT2D eigenvalue weighted by Crippen LogP contribution is -1.93. The standard InChI is InChI=1S/C10H15NOS/c1-7(2)9-6-11-10(13-9)8-4-3-5-12-8/h6-8H,3-5H2,1-2H3. The van der Waals surface area contributed by atoms with E-state index >= 15 is 0 Å². The van der Waals surface area contributed by atoms with Gasteiger partial charge in [-0.25, -0.2) is 4.98 Å². The second kappa shape index (κ2) is 3.76. The third-order valence-corrected chi connectivity index (χ3v) is 3.71. The molecule has 72 valence electrons. The van der Waals surface area contributed by atoms with E-state index in [1.165, 1.54) is 16.3 Å². The van der Waals surface area contributed by atoms with Crippen LogP contribution in [0, 0.1) is 0 Å². The molecular formula is C10H15NOS. The monoisotopic (exact) mass is 197 g/mol. The summed E-state index contributed by atoms with van der Waals surface area (Å²) < 4.78 is 5.58. The minimum atomic E-state index is 0.289. The first-order valence-electron chi connectivity index (χ1n) is 4.84. The van der Waals surface area contributed by atoms with Gasteiger partial charge in [-0.15, -0.1) is 11.3 Å². The van der Waals surface area contributed by atoms with Gasteiger partial charge >= 0.3 is 0 Å². The second-order valence-electron chi connectivity index (χ2n) is 3.76. The van der Waals surface area contributed by atoms with Crippen molar-refractivity contribution in [1.82, 2.24) is 4.98 Å². The minimum Gasteiger partial charge on any atom is -0.371 e. The summed E-state index contributed by atoms with van der Waals surface area (Å²) in [5.41, 5.74) is 0. The number of rotatable bonds is 2. The molecule has 0 aromatic carbocycles. The molecule has 2 heterocycles. The van der Waals surface area contributed by atoms with Gasteiger partial charge in [0, 0.05) is 17.7 Å². The van der Waals surface area contributed by atoms with E-state index in [4.69, 9.17) is 4.74 Å². The van der Waals surface area contributed by atoms with Crippen LogP contribution in [0.1, 0.15) is 48.6 Å². The fourth-order valence-corrected chi connectivity index (χ4v) is 2.49. The van der Waals surface area contributed by atoms with Crippen LogP contribution in [0.3, 0.4) is 0 Å². The summed E-state index contributed by atoms with van der Waals surface area (Å²) in [6, 6.07) is 0. The maximum atomic E-state index is 5.58. The Morgan fingerprint density at radius 1 is 1.62 bits per heavy atom. The molecule has 1 aliphatic rings. The van der Waals surface area contributed by atoms with E-state index in [0.29, 0.717) is 5.92 Å². The Kier molecular flexibility index (Phi) is 2.65. The van der Waals surface area contributed by atoms with Gasteiger partial charge in [0.25, 0.3) is 0 Å². The molecule has 1 aliphatic heterocycles. The number of aromatic nitrogens is 1. The average molecular weight is 197 g/mol. The van der Waals surface area contributed by atoms with Crippen LogP contribution < -0.4 is 0 Å². The van der Waals surface area contributed by atoms with Crippen LogP contribution in [0.4, 0.5) is 0 Å². The Labute approximate surface area is 83.0 Å². The highest BCUT2D eigenvalue weighted by atomic mass is 32.1. The molecule has 0 amide bonds. The summed E-state index contributed by atoms with van der Waals surface area (Å²) in [6.45, 7) is 5.31. The van der Waals surface area contributed by atoms with Gasteiger partial charge in [-0.3, -0.25) is 0 Å². The molecular weight excluding hydrogens is 182 g/mol. The fourth-order valence-electron chi connectivity index (χ4n) is 1.49. The van der Waals surface area contributed by atoms with Crippen LogP contribution >= 0.6 is 11.3 Å². The first-order chi connectivity index (χ1) is 6.27. The van der Waals surface area contributed by atoms with Crippen LogP contribution in [-0.4, -0.2) is 11.6 Å². The van der Waals surface area contributed by atoms with E-state index in [9.17, 15) is 0 Å². The number of ether oxygens (including phenoxy) is 1. The first kappa shape index (κ1) is 9.16. The number of nitrogens with zero attached hydrogens (tertiary/aromatic N) is 1. The maximum Gasteiger partial charge on any atom is 0.122 e. The fraction of sp³-hybridized carbons (Fsp3) is 0.700. The Bertz CT molecular complexity index is 276. The highest BCUT2D eigenvalue weighted by Gasteiger charge is 2.21. The maximum absolute atomic E-state index is 5.58. The number of hydrogen-bond donors (Lipinski definition) is 0. The SMILES string of the molecule is CC(C)c1cnc(C2CCCO2)s1. The molecule has 2 rings (SSSR count). The Morgan fingerprint density at radius 2 is 2.46 bits per heavy atom. The van der Waals surface area contributed by atoms with E-state index < -0.39 is 0 Å². The lowest BCUT2D eigenvalue weighted by Gasteiger charge is -2.03. The zero-order valence-corrected chi connectivity index (χ0v) is 8.93. The van der Waals surface area contributed by atoms with Crippen molar-refractivity contribution in [1.29, 1.82) is 0 Å². The van der Waals surface area contributed by atoms with E-state index in [1.54, 1.807) is 11.3 Å². The van der Waals surface area contributed by atoms with Crippen molar-refractivity contribution < 1.29 is 4.74 Å². The Balaban J connectivity index is 2.12. The van der Waals surface area contributed by atoms with Crippen molar-refractivity contribution in [3.63, 3.8) is 0 Å². The van der Waals surface area contributed by atoms with E-state index in [1.807, 2.05) is 6.20 Å². The molecule has 0 N–H and O–H groups in total. The highest BCUT2D eigenvalue weighted by Crippen LogP contribution is 2.33. The van der Waals surface area contributed by atoms with Crippen molar-refractivity contribution in [2.75, 3.05) is 6.61 Å². The summed E-state index contributed by atoms with van der Waals surface area (Å²) >= 11 is 1.80. The summed E-state index contributed by atoms with van der Waals surface area (Å²) in [5.74, 6) is 0.590. The summed E-state index contributed by atoms with van der Waals surface area (Å²) in [4.78, 5) is 5.78. The molecule has 3 heteroatoms. The third-order valence-electron chi connectivity index (χ3n) is 2.32. The quantitative estimate of drug-likeness (QED) is 0.726. The summed E-state index contributed by atoms with van der Waals surface area (Å²) in [5, 5.41) is 1.17. The van der Waals surface area contributed by atoms with E-state index in [0.717, 1.165) is 13.0 Å². The first-order valence-corrected chi connectivity index (χ1v) is 5.66. The van der Waals surface area contributed by atoms with Crippen LogP contribution in [0.5, 0.6) is 0 Å². The molecule has 0 spiro atoms. The molecule has 1 unspecified atom stereocenters. The van der Waals surface area contributed by atoms with Gasteiger partial charge < -0.3 is 4.74 Å². The predicted molar refractivity (Wildman–Crippen MR) is 54.1 cm³/mol. The van der Waals surface area contributed by atoms with Crippen molar-refractivity contribution in [2.45, 2.75) is 38.7 Å². The summed E-state index contributed by atoms with van der Waals surface area (Å²) in [7, 11) is 0. The zero-order valence-electron chi connectivity index (χ0n) is 8.12. The molecule has 1 aromatic rings. The van der Waals surface area contributed by atoms with Crippen molar-refractivity contribution in [3.05, 3.63) is 16.1 Å². The molecule has 0 bridgehead atoms. The van der Waals surface area contributed by atoms with Crippen LogP contribution in [0.2, 0.25) is 0 Å². The molecule has 0 saturated carbocycles. The van der Waals surface area contributed by atoms with E-state index in [2.05, 4.69) is 18.8 Å².